The van der Waals surface area contributed by atoms with Crippen molar-refractivity contribution in [3.63, 3.8) is 0 Å². The predicted octanol–water partition coefficient (Wildman–Crippen LogP) is 2.54. The maximum atomic E-state index is 13.2. The number of halogens is 1. The van der Waals surface area contributed by atoms with Crippen molar-refractivity contribution in [1.82, 2.24) is 14.5 Å². The summed E-state index contributed by atoms with van der Waals surface area (Å²) in [5, 5.41) is 20.2. The topological polar surface area (TPSA) is 98.7 Å². The highest BCUT2D eigenvalue weighted by atomic mass is 35.5. The molecule has 1 aromatic carbocycles. The van der Waals surface area contributed by atoms with Gasteiger partial charge in [-0.2, -0.15) is 9.40 Å². The van der Waals surface area contributed by atoms with Crippen molar-refractivity contribution in [2.45, 2.75) is 36.2 Å². The summed E-state index contributed by atoms with van der Waals surface area (Å²) in [4.78, 5) is 0.174. The Hall–Kier alpha value is -1.90. The first-order chi connectivity index (χ1) is 11.5. The van der Waals surface area contributed by atoms with Crippen LogP contribution in [0.25, 0.3) is 0 Å². The SMILES string of the molecule is O=S(=O)(c1ccc(Cl)cc1)N1C2CCCC1c1c[nH]nc1/C2=N\O. The molecule has 2 bridgehead atoms. The van der Waals surface area contributed by atoms with Crippen molar-refractivity contribution in [3.05, 3.63) is 46.7 Å². The second kappa shape index (κ2) is 5.58. The molecule has 0 amide bonds. The molecule has 0 aliphatic carbocycles. The monoisotopic (exact) mass is 366 g/mol. The van der Waals surface area contributed by atoms with Crippen LogP contribution in [0.15, 0.2) is 40.5 Å². The van der Waals surface area contributed by atoms with Gasteiger partial charge in [-0.1, -0.05) is 16.8 Å². The summed E-state index contributed by atoms with van der Waals surface area (Å²) in [6.07, 6.45) is 3.83. The molecule has 0 saturated carbocycles. The van der Waals surface area contributed by atoms with Crippen molar-refractivity contribution >= 4 is 27.3 Å². The average molecular weight is 367 g/mol. The number of sulfonamides is 1. The lowest BCUT2D eigenvalue weighted by atomic mass is 9.84. The molecule has 2 atom stereocenters. The summed E-state index contributed by atoms with van der Waals surface area (Å²) in [5.41, 5.74) is 1.59. The Morgan fingerprint density at radius 1 is 1.25 bits per heavy atom. The van der Waals surface area contributed by atoms with Gasteiger partial charge in [0, 0.05) is 16.8 Å². The van der Waals surface area contributed by atoms with E-state index in [0.29, 0.717) is 29.3 Å². The molecule has 2 aliphatic rings. The fourth-order valence-corrected chi connectivity index (χ4v) is 5.56. The molecule has 1 saturated heterocycles. The standard InChI is InChI=1S/C15H15ClN4O3S/c16-9-4-6-10(7-5-9)24(22,23)20-12-2-1-3-13(20)15(19-21)14-11(12)8-17-18-14/h4-8,12-13,21H,1-3H2,(H,17,18)/b19-15-. The van der Waals surface area contributed by atoms with Crippen LogP contribution in [0, 0.1) is 0 Å². The number of H-pyrrole nitrogens is 1. The Bertz CT molecular complexity index is 907. The van der Waals surface area contributed by atoms with Crippen molar-refractivity contribution in [3.8, 4) is 0 Å². The van der Waals surface area contributed by atoms with Crippen LogP contribution in [0.5, 0.6) is 0 Å². The molecule has 9 heteroatoms. The molecular weight excluding hydrogens is 352 g/mol. The second-order valence-electron chi connectivity index (χ2n) is 5.93. The zero-order valence-electron chi connectivity index (χ0n) is 12.6. The maximum absolute atomic E-state index is 13.2. The zero-order valence-corrected chi connectivity index (χ0v) is 14.1. The minimum Gasteiger partial charge on any atom is -0.411 e. The van der Waals surface area contributed by atoms with Crippen molar-refractivity contribution < 1.29 is 13.6 Å². The molecule has 24 heavy (non-hydrogen) atoms. The van der Waals surface area contributed by atoms with Crippen LogP contribution in [0.1, 0.15) is 36.6 Å². The third-order valence-corrected chi connectivity index (χ3v) is 6.84. The van der Waals surface area contributed by atoms with Gasteiger partial charge >= 0.3 is 0 Å². The highest BCUT2D eigenvalue weighted by Crippen LogP contribution is 2.44. The molecule has 2 aromatic rings. The van der Waals surface area contributed by atoms with Crippen LogP contribution in [-0.2, 0) is 10.0 Å². The third kappa shape index (κ3) is 2.17. The highest BCUT2D eigenvalue weighted by molar-refractivity contribution is 7.89. The molecule has 2 unspecified atom stereocenters. The number of rotatable bonds is 2. The number of aromatic amines is 1. The fraction of sp³-hybridized carbons (Fsp3) is 0.333. The lowest BCUT2D eigenvalue weighted by Gasteiger charge is -2.44. The van der Waals surface area contributed by atoms with Gasteiger partial charge in [0.05, 0.1) is 17.0 Å². The number of piperidine rings is 1. The quantitative estimate of drug-likeness (QED) is 0.630. The Morgan fingerprint density at radius 3 is 2.67 bits per heavy atom. The summed E-state index contributed by atoms with van der Waals surface area (Å²) in [7, 11) is -3.76. The second-order valence-corrected chi connectivity index (χ2v) is 8.21. The predicted molar refractivity (Wildman–Crippen MR) is 87.8 cm³/mol. The van der Waals surface area contributed by atoms with Crippen LogP contribution < -0.4 is 0 Å². The van der Waals surface area contributed by atoms with Crippen LogP contribution in [0.4, 0.5) is 0 Å². The number of hydrogen-bond donors (Lipinski definition) is 2. The normalized spacial score (nSPS) is 25.6. The van der Waals surface area contributed by atoms with E-state index < -0.39 is 16.1 Å². The van der Waals surface area contributed by atoms with Crippen molar-refractivity contribution in [2.24, 2.45) is 5.16 Å². The Kier molecular flexibility index (Phi) is 3.63. The lowest BCUT2D eigenvalue weighted by molar-refractivity contribution is 0.208. The Labute approximate surface area is 144 Å². The molecule has 1 fully saturated rings. The van der Waals surface area contributed by atoms with Gasteiger partial charge in [-0.3, -0.25) is 5.10 Å². The van der Waals surface area contributed by atoms with E-state index >= 15 is 0 Å². The van der Waals surface area contributed by atoms with Crippen LogP contribution in [0.3, 0.4) is 0 Å². The van der Waals surface area contributed by atoms with E-state index in [2.05, 4.69) is 15.4 Å². The van der Waals surface area contributed by atoms with Gasteiger partial charge < -0.3 is 5.21 Å². The number of oxime groups is 1. The molecular formula is C15H15ClN4O3S. The van der Waals surface area contributed by atoms with Gasteiger partial charge in [-0.05, 0) is 43.5 Å². The van der Waals surface area contributed by atoms with Crippen LogP contribution >= 0.6 is 11.6 Å². The van der Waals surface area contributed by atoms with Gasteiger partial charge in [0.2, 0.25) is 10.0 Å². The number of fused-ring (bicyclic) bond motifs is 4. The minimum absolute atomic E-state index is 0.174. The van der Waals surface area contributed by atoms with Gasteiger partial charge in [-0.25, -0.2) is 8.42 Å². The van der Waals surface area contributed by atoms with Gasteiger partial charge in [0.1, 0.15) is 11.4 Å². The molecule has 3 heterocycles. The van der Waals surface area contributed by atoms with E-state index in [0.717, 1.165) is 12.0 Å². The largest absolute Gasteiger partial charge is 0.411 e. The van der Waals surface area contributed by atoms with E-state index in [1.54, 1.807) is 18.3 Å². The summed E-state index contributed by atoms with van der Waals surface area (Å²) in [6.45, 7) is 0. The molecule has 4 rings (SSSR count). The van der Waals surface area contributed by atoms with Crippen molar-refractivity contribution in [1.29, 1.82) is 0 Å². The summed E-state index contributed by atoms with van der Waals surface area (Å²) < 4.78 is 27.9. The van der Waals surface area contributed by atoms with E-state index in [1.807, 2.05) is 0 Å². The number of hydrogen-bond acceptors (Lipinski definition) is 5. The summed E-state index contributed by atoms with van der Waals surface area (Å²) in [6, 6.07) is 5.26. The first-order valence-corrected chi connectivity index (χ1v) is 9.41. The molecule has 126 valence electrons. The van der Waals surface area contributed by atoms with Gasteiger partial charge in [0.15, 0.2) is 0 Å². The molecule has 0 radical (unpaired) electrons. The number of aromatic nitrogens is 2. The van der Waals surface area contributed by atoms with E-state index in [-0.39, 0.29) is 10.9 Å². The highest BCUT2D eigenvalue weighted by Gasteiger charge is 2.49. The number of benzene rings is 1. The van der Waals surface area contributed by atoms with Crippen molar-refractivity contribution in [2.75, 3.05) is 0 Å². The first-order valence-electron chi connectivity index (χ1n) is 7.59. The Morgan fingerprint density at radius 2 is 1.96 bits per heavy atom. The summed E-state index contributed by atoms with van der Waals surface area (Å²) >= 11 is 5.87. The fourth-order valence-electron chi connectivity index (χ4n) is 3.62. The number of nitrogens with one attached hydrogen (secondary N) is 1. The lowest BCUT2D eigenvalue weighted by Crippen LogP contribution is -2.53. The average Bonchev–Trinajstić information content (AvgIpc) is 3.05. The van der Waals surface area contributed by atoms with Gasteiger partial charge in [-0.15, -0.1) is 0 Å². The van der Waals surface area contributed by atoms with E-state index in [4.69, 9.17) is 11.6 Å². The van der Waals surface area contributed by atoms with Gasteiger partial charge in [0.25, 0.3) is 0 Å². The molecule has 1 aromatic heterocycles. The van der Waals surface area contributed by atoms with E-state index in [1.165, 1.54) is 16.4 Å². The Balaban J connectivity index is 1.88. The molecule has 2 aliphatic heterocycles. The maximum Gasteiger partial charge on any atom is 0.244 e. The zero-order chi connectivity index (χ0) is 16.9. The molecule has 0 spiro atoms. The molecule has 7 nitrogen and oxygen atoms in total. The van der Waals surface area contributed by atoms with Crippen LogP contribution in [0.2, 0.25) is 5.02 Å². The third-order valence-electron chi connectivity index (χ3n) is 4.65. The number of nitrogens with zero attached hydrogens (tertiary/aromatic N) is 3. The molecule has 2 N–H and O–H groups in total. The van der Waals surface area contributed by atoms with E-state index in [9.17, 15) is 13.6 Å². The summed E-state index contributed by atoms with van der Waals surface area (Å²) in [5.74, 6) is 0. The first kappa shape index (κ1) is 15.6. The van der Waals surface area contributed by atoms with Crippen LogP contribution in [-0.4, -0.2) is 39.9 Å². The smallest absolute Gasteiger partial charge is 0.244 e. The minimum atomic E-state index is -3.76.